The number of benzene rings is 2. The Morgan fingerprint density at radius 1 is 1.17 bits per heavy atom. The molecule has 0 spiro atoms. The van der Waals surface area contributed by atoms with Crippen LogP contribution < -0.4 is 10.1 Å². The molecule has 118 valence electrons. The van der Waals surface area contributed by atoms with Gasteiger partial charge in [0.05, 0.1) is 0 Å². The van der Waals surface area contributed by atoms with Crippen LogP contribution in [0.4, 0.5) is 5.69 Å². The average Bonchev–Trinajstić information content (AvgIpc) is 2.88. The predicted octanol–water partition coefficient (Wildman–Crippen LogP) is 3.85. The molecule has 0 bridgehead atoms. The van der Waals surface area contributed by atoms with Gasteiger partial charge in [-0.3, -0.25) is 4.79 Å². The number of amides is 1. The van der Waals surface area contributed by atoms with E-state index in [1.54, 1.807) is 26.0 Å². The van der Waals surface area contributed by atoms with Crippen molar-refractivity contribution < 1.29 is 13.9 Å². The molecule has 0 radical (unpaired) electrons. The topological polar surface area (TPSA) is 64.4 Å². The van der Waals surface area contributed by atoms with Crippen LogP contribution in [0.15, 0.2) is 46.9 Å². The summed E-state index contributed by atoms with van der Waals surface area (Å²) in [6, 6.07) is 12.9. The highest BCUT2D eigenvalue weighted by Gasteiger charge is 2.15. The number of hydrogen-bond donors (Lipinski definition) is 1. The van der Waals surface area contributed by atoms with Crippen LogP contribution in [-0.4, -0.2) is 17.0 Å². The van der Waals surface area contributed by atoms with Gasteiger partial charge in [0.25, 0.3) is 5.91 Å². The summed E-state index contributed by atoms with van der Waals surface area (Å²) < 4.78 is 11.1. The van der Waals surface area contributed by atoms with E-state index >= 15 is 0 Å². The second kappa shape index (κ2) is 6.12. The molecule has 1 unspecified atom stereocenters. The lowest BCUT2D eigenvalue weighted by Crippen LogP contribution is -2.30. The molecule has 1 atom stereocenters. The lowest BCUT2D eigenvalue weighted by Gasteiger charge is -2.14. The summed E-state index contributed by atoms with van der Waals surface area (Å²) in [5.74, 6) is 1.04. The second-order valence-corrected chi connectivity index (χ2v) is 5.48. The Hall–Kier alpha value is -2.82. The summed E-state index contributed by atoms with van der Waals surface area (Å²) >= 11 is 0. The molecule has 1 amide bonds. The van der Waals surface area contributed by atoms with Gasteiger partial charge in [-0.25, -0.2) is 4.98 Å². The van der Waals surface area contributed by atoms with Crippen molar-refractivity contribution in [2.24, 2.45) is 0 Å². The van der Waals surface area contributed by atoms with Gasteiger partial charge in [0, 0.05) is 18.7 Å². The van der Waals surface area contributed by atoms with E-state index in [4.69, 9.17) is 9.15 Å². The smallest absolute Gasteiger partial charge is 0.265 e. The van der Waals surface area contributed by atoms with Crippen LogP contribution in [0, 0.1) is 13.8 Å². The molecule has 3 rings (SSSR count). The molecule has 1 heterocycles. The zero-order valence-corrected chi connectivity index (χ0v) is 13.3. The SMILES string of the molecule is Cc1ccc(OC(C)C(=O)Nc2ccc3nc(C)oc3c2)cc1. The van der Waals surface area contributed by atoms with Crippen molar-refractivity contribution in [1.29, 1.82) is 0 Å². The summed E-state index contributed by atoms with van der Waals surface area (Å²) in [7, 11) is 0. The summed E-state index contributed by atoms with van der Waals surface area (Å²) in [6.45, 7) is 5.50. The number of oxazole rings is 1. The Morgan fingerprint density at radius 3 is 2.65 bits per heavy atom. The number of anilines is 1. The molecule has 0 aliphatic carbocycles. The van der Waals surface area contributed by atoms with Crippen molar-refractivity contribution >= 4 is 22.7 Å². The molecule has 5 heteroatoms. The van der Waals surface area contributed by atoms with Crippen LogP contribution in [0.1, 0.15) is 18.4 Å². The van der Waals surface area contributed by atoms with Gasteiger partial charge < -0.3 is 14.5 Å². The van der Waals surface area contributed by atoms with E-state index in [2.05, 4.69) is 10.3 Å². The van der Waals surface area contributed by atoms with E-state index in [0.717, 1.165) is 11.1 Å². The van der Waals surface area contributed by atoms with Gasteiger partial charge in [0.1, 0.15) is 11.3 Å². The highest BCUT2D eigenvalue weighted by molar-refractivity contribution is 5.95. The minimum absolute atomic E-state index is 0.221. The largest absolute Gasteiger partial charge is 0.481 e. The van der Waals surface area contributed by atoms with Crippen molar-refractivity contribution in [1.82, 2.24) is 4.98 Å². The Morgan fingerprint density at radius 2 is 1.91 bits per heavy atom. The van der Waals surface area contributed by atoms with Crippen molar-refractivity contribution in [3.63, 3.8) is 0 Å². The van der Waals surface area contributed by atoms with Gasteiger partial charge in [0.15, 0.2) is 17.6 Å². The van der Waals surface area contributed by atoms with Gasteiger partial charge >= 0.3 is 0 Å². The number of hydrogen-bond acceptors (Lipinski definition) is 4. The van der Waals surface area contributed by atoms with E-state index in [9.17, 15) is 4.79 Å². The first-order valence-corrected chi connectivity index (χ1v) is 7.42. The maximum absolute atomic E-state index is 12.2. The third-order valence-corrected chi connectivity index (χ3v) is 3.47. The molecular formula is C18H18N2O3. The molecule has 1 aromatic heterocycles. The molecular weight excluding hydrogens is 292 g/mol. The normalized spacial score (nSPS) is 12.1. The number of aromatic nitrogens is 1. The molecule has 3 aromatic rings. The minimum Gasteiger partial charge on any atom is -0.481 e. The maximum atomic E-state index is 12.2. The average molecular weight is 310 g/mol. The number of carbonyl (C=O) groups is 1. The highest BCUT2D eigenvalue weighted by Crippen LogP contribution is 2.20. The van der Waals surface area contributed by atoms with Crippen LogP contribution in [0.2, 0.25) is 0 Å². The first kappa shape index (κ1) is 15.1. The van der Waals surface area contributed by atoms with Gasteiger partial charge in [-0.15, -0.1) is 0 Å². The molecule has 0 fully saturated rings. The number of fused-ring (bicyclic) bond motifs is 1. The summed E-state index contributed by atoms with van der Waals surface area (Å²) in [5, 5.41) is 2.82. The van der Waals surface area contributed by atoms with E-state index in [0.29, 0.717) is 22.9 Å². The number of rotatable bonds is 4. The van der Waals surface area contributed by atoms with Crippen LogP contribution in [-0.2, 0) is 4.79 Å². The van der Waals surface area contributed by atoms with Crippen molar-refractivity contribution in [3.8, 4) is 5.75 Å². The Bertz CT molecular complexity index is 837. The van der Waals surface area contributed by atoms with E-state index in [1.165, 1.54) is 0 Å². The Labute approximate surface area is 134 Å². The van der Waals surface area contributed by atoms with Crippen molar-refractivity contribution in [3.05, 3.63) is 53.9 Å². The quantitative estimate of drug-likeness (QED) is 0.795. The number of nitrogens with one attached hydrogen (secondary N) is 1. The second-order valence-electron chi connectivity index (χ2n) is 5.48. The van der Waals surface area contributed by atoms with Gasteiger partial charge in [-0.2, -0.15) is 0 Å². The Balaban J connectivity index is 1.67. The molecule has 0 aliphatic rings. The first-order valence-electron chi connectivity index (χ1n) is 7.42. The number of carbonyl (C=O) groups excluding carboxylic acids is 1. The highest BCUT2D eigenvalue weighted by atomic mass is 16.5. The lowest BCUT2D eigenvalue weighted by molar-refractivity contribution is -0.122. The summed E-state index contributed by atoms with van der Waals surface area (Å²) in [5.41, 5.74) is 3.21. The predicted molar refractivity (Wildman–Crippen MR) is 88.6 cm³/mol. The fraction of sp³-hybridized carbons (Fsp3) is 0.222. The zero-order chi connectivity index (χ0) is 16.4. The molecule has 1 N–H and O–H groups in total. The van der Waals surface area contributed by atoms with Crippen LogP contribution >= 0.6 is 0 Å². The standard InChI is InChI=1S/C18H18N2O3/c1-11-4-7-15(8-5-11)22-12(2)18(21)20-14-6-9-16-17(10-14)23-13(3)19-16/h4-10,12H,1-3H3,(H,20,21). The van der Waals surface area contributed by atoms with Crippen LogP contribution in [0.5, 0.6) is 5.75 Å². The fourth-order valence-corrected chi connectivity index (χ4v) is 2.24. The van der Waals surface area contributed by atoms with E-state index in [-0.39, 0.29) is 5.91 Å². The van der Waals surface area contributed by atoms with E-state index in [1.807, 2.05) is 37.3 Å². The molecule has 5 nitrogen and oxygen atoms in total. The summed E-state index contributed by atoms with van der Waals surface area (Å²) in [6.07, 6.45) is -0.607. The lowest BCUT2D eigenvalue weighted by atomic mass is 10.2. The van der Waals surface area contributed by atoms with Crippen molar-refractivity contribution in [2.75, 3.05) is 5.32 Å². The molecule has 23 heavy (non-hydrogen) atoms. The number of ether oxygens (including phenoxy) is 1. The zero-order valence-electron chi connectivity index (χ0n) is 13.3. The Kier molecular flexibility index (Phi) is 4.02. The molecule has 0 saturated carbocycles. The first-order chi connectivity index (χ1) is 11.0. The minimum atomic E-state index is -0.607. The monoisotopic (exact) mass is 310 g/mol. The van der Waals surface area contributed by atoms with Gasteiger partial charge in [-0.1, -0.05) is 17.7 Å². The van der Waals surface area contributed by atoms with Gasteiger partial charge in [-0.05, 0) is 38.1 Å². The molecule has 0 saturated heterocycles. The summed E-state index contributed by atoms with van der Waals surface area (Å²) in [4.78, 5) is 16.5. The fourth-order valence-electron chi connectivity index (χ4n) is 2.24. The van der Waals surface area contributed by atoms with E-state index < -0.39 is 6.10 Å². The third kappa shape index (κ3) is 3.51. The maximum Gasteiger partial charge on any atom is 0.265 e. The molecule has 0 aliphatic heterocycles. The number of aryl methyl sites for hydroxylation is 2. The van der Waals surface area contributed by atoms with Crippen LogP contribution in [0.25, 0.3) is 11.1 Å². The van der Waals surface area contributed by atoms with Crippen LogP contribution in [0.3, 0.4) is 0 Å². The van der Waals surface area contributed by atoms with Crippen molar-refractivity contribution in [2.45, 2.75) is 26.9 Å². The molecule has 2 aromatic carbocycles. The number of nitrogens with zero attached hydrogens (tertiary/aromatic N) is 1. The van der Waals surface area contributed by atoms with Gasteiger partial charge in [0.2, 0.25) is 0 Å². The third-order valence-electron chi connectivity index (χ3n) is 3.47.